The summed E-state index contributed by atoms with van der Waals surface area (Å²) in [5.74, 6) is -2.29. The molecule has 0 unspecified atom stereocenters. The van der Waals surface area contributed by atoms with Crippen molar-refractivity contribution in [2.45, 2.75) is 126 Å². The molecule has 3 aliphatic heterocycles. The van der Waals surface area contributed by atoms with Gasteiger partial charge in [-0.3, -0.25) is 14.5 Å². The molecule has 6 rings (SSSR count). The molecule has 4 aliphatic rings. The number of amides is 4. The first-order chi connectivity index (χ1) is 27.4. The zero-order valence-corrected chi connectivity index (χ0v) is 34.5. The second-order valence-corrected chi connectivity index (χ2v) is 18.7. The summed E-state index contributed by atoms with van der Waals surface area (Å²) in [7, 11) is -4.28. The van der Waals surface area contributed by atoms with Gasteiger partial charge in [0, 0.05) is 19.5 Å². The van der Waals surface area contributed by atoms with Crippen LogP contribution in [0.25, 0.3) is 0 Å². The van der Waals surface area contributed by atoms with Crippen LogP contribution in [0.3, 0.4) is 0 Å². The molecule has 18 heteroatoms. The Morgan fingerprint density at radius 1 is 1.00 bits per heavy atom. The SMILES string of the molecule is CC(C)(C)OC(=O)N[C@H]1CCCCCCC[C@@H]2C[C@@]2(COCNS(=O)(=O)c2cc(C(=O)O)ccc2Cl)NC(=O)[C@@H]2C[C@@H](OC(=O)N3Cc4ccccc4C3)CN2C1=O. The number of carboxylic acid groups (broad SMARTS) is 1. The van der Waals surface area contributed by atoms with E-state index in [-0.39, 0.29) is 36.1 Å². The number of halogens is 1. The van der Waals surface area contributed by atoms with Crippen molar-refractivity contribution in [3.63, 3.8) is 0 Å². The molecule has 1 saturated carbocycles. The third kappa shape index (κ3) is 10.6. The second-order valence-electron chi connectivity index (χ2n) is 16.6. The number of alkyl carbamates (subject to hydrolysis) is 1. The quantitative estimate of drug-likeness (QED) is 0.197. The lowest BCUT2D eigenvalue weighted by molar-refractivity contribution is -0.140. The van der Waals surface area contributed by atoms with Gasteiger partial charge in [0.15, 0.2) is 0 Å². The fraction of sp³-hybridized carbons (Fsp3) is 0.575. The number of nitrogens with one attached hydrogen (secondary N) is 3. The van der Waals surface area contributed by atoms with Crippen molar-refractivity contribution in [3.05, 3.63) is 64.2 Å². The topological polar surface area (TPSA) is 210 Å². The highest BCUT2D eigenvalue weighted by Gasteiger charge is 2.56. The molecule has 16 nitrogen and oxygen atoms in total. The molecular weight excluding hydrogens is 794 g/mol. The molecule has 1 aliphatic carbocycles. The molecule has 0 bridgehead atoms. The van der Waals surface area contributed by atoms with E-state index in [1.165, 1.54) is 17.0 Å². The van der Waals surface area contributed by atoms with Crippen LogP contribution in [0, 0.1) is 5.92 Å². The van der Waals surface area contributed by atoms with Crippen molar-refractivity contribution in [3.8, 4) is 0 Å². The highest BCUT2D eigenvalue weighted by atomic mass is 35.5. The number of carbonyl (C=O) groups excluding carboxylic acids is 4. The standard InChI is InChI=1S/C40H52ClN5O11S/c1-39(2,3)57-37(51)43-31-14-8-6-4-5-7-13-28-19-40(28,23-55-24-42-58(53,54)33-17-25(36(49)50)15-16-30(33)41)44-34(47)32-18-29(22-46(32)35(31)48)56-38(52)45-20-26-11-9-10-12-27(26)21-45/h9-12,15-17,28-29,31-32,42H,4-8,13-14,18-24H2,1-3H3,(H,43,51)(H,44,47)(H,49,50)/t28-,29-,31+,32+,40+/m1/s1. The van der Waals surface area contributed by atoms with Gasteiger partial charge in [-0.15, -0.1) is 0 Å². The first-order valence-corrected chi connectivity index (χ1v) is 21.6. The number of sulfonamides is 1. The fourth-order valence-corrected chi connectivity index (χ4v) is 9.38. The maximum Gasteiger partial charge on any atom is 0.410 e. The van der Waals surface area contributed by atoms with E-state index in [2.05, 4.69) is 15.4 Å². The Hall–Kier alpha value is -4.45. The van der Waals surface area contributed by atoms with Gasteiger partial charge >= 0.3 is 18.2 Å². The number of hydrogen-bond donors (Lipinski definition) is 4. The average Bonchev–Trinajstić information content (AvgIpc) is 3.43. The summed E-state index contributed by atoms with van der Waals surface area (Å²) < 4.78 is 45.7. The van der Waals surface area contributed by atoms with Crippen molar-refractivity contribution in [1.29, 1.82) is 0 Å². The monoisotopic (exact) mass is 845 g/mol. The first-order valence-electron chi connectivity index (χ1n) is 19.7. The maximum atomic E-state index is 14.4. The lowest BCUT2D eigenvalue weighted by Gasteiger charge is -2.30. The number of hydrogen-bond acceptors (Lipinski definition) is 10. The molecule has 2 aromatic carbocycles. The molecule has 58 heavy (non-hydrogen) atoms. The van der Waals surface area contributed by atoms with E-state index in [4.69, 9.17) is 25.8 Å². The Kier molecular flexibility index (Phi) is 13.2. The lowest BCUT2D eigenvalue weighted by Crippen LogP contribution is -2.56. The molecule has 4 N–H and O–H groups in total. The number of aromatic carboxylic acids is 1. The van der Waals surface area contributed by atoms with Gasteiger partial charge in [0.2, 0.25) is 21.8 Å². The predicted octanol–water partition coefficient (Wildman–Crippen LogP) is 4.93. The van der Waals surface area contributed by atoms with Gasteiger partial charge in [0.1, 0.15) is 35.4 Å². The lowest BCUT2D eigenvalue weighted by atomic mass is 10.0. The van der Waals surface area contributed by atoms with Gasteiger partial charge in [-0.25, -0.2) is 22.8 Å². The molecule has 2 aromatic rings. The van der Waals surface area contributed by atoms with Crippen LogP contribution in [0.2, 0.25) is 5.02 Å². The number of rotatable bonds is 9. The van der Waals surface area contributed by atoms with E-state index in [0.717, 1.165) is 49.3 Å². The summed E-state index contributed by atoms with van der Waals surface area (Å²) >= 11 is 6.10. The largest absolute Gasteiger partial charge is 0.478 e. The van der Waals surface area contributed by atoms with E-state index in [0.29, 0.717) is 32.4 Å². The number of benzene rings is 2. The van der Waals surface area contributed by atoms with E-state index in [1.807, 2.05) is 24.3 Å². The number of fused-ring (bicyclic) bond motifs is 3. The van der Waals surface area contributed by atoms with E-state index in [1.54, 1.807) is 25.7 Å². The molecular formula is C40H52ClN5O11S. The minimum Gasteiger partial charge on any atom is -0.478 e. The second kappa shape index (κ2) is 17.8. The van der Waals surface area contributed by atoms with Crippen molar-refractivity contribution in [2.75, 3.05) is 19.9 Å². The molecule has 4 amide bonds. The molecule has 3 fully saturated rings. The molecule has 0 aromatic heterocycles. The van der Waals surface area contributed by atoms with Crippen molar-refractivity contribution >= 4 is 51.6 Å². The normalized spacial score (nSPS) is 25.3. The van der Waals surface area contributed by atoms with Crippen LogP contribution < -0.4 is 15.4 Å². The minimum atomic E-state index is -4.28. The van der Waals surface area contributed by atoms with Gasteiger partial charge in [0.25, 0.3) is 0 Å². The summed E-state index contributed by atoms with van der Waals surface area (Å²) in [5.41, 5.74) is 0.0861. The summed E-state index contributed by atoms with van der Waals surface area (Å²) in [6.07, 6.45) is 3.67. The van der Waals surface area contributed by atoms with Crippen LogP contribution in [0.5, 0.6) is 0 Å². The van der Waals surface area contributed by atoms with Crippen molar-refractivity contribution in [2.24, 2.45) is 5.92 Å². The van der Waals surface area contributed by atoms with Crippen LogP contribution in [0.1, 0.15) is 100 Å². The van der Waals surface area contributed by atoms with Gasteiger partial charge in [0.05, 0.1) is 29.3 Å². The Bertz CT molecular complexity index is 1980. The zero-order chi connectivity index (χ0) is 41.8. The molecule has 3 heterocycles. The van der Waals surface area contributed by atoms with E-state index < -0.39 is 80.9 Å². The van der Waals surface area contributed by atoms with E-state index >= 15 is 0 Å². The third-order valence-corrected chi connectivity index (χ3v) is 12.9. The Balaban J connectivity index is 1.18. The summed E-state index contributed by atoms with van der Waals surface area (Å²) in [5, 5.41) is 15.0. The van der Waals surface area contributed by atoms with Gasteiger partial charge in [-0.05, 0) is 75.3 Å². The van der Waals surface area contributed by atoms with Gasteiger partial charge < -0.3 is 34.9 Å². The predicted molar refractivity (Wildman–Crippen MR) is 210 cm³/mol. The zero-order valence-electron chi connectivity index (χ0n) is 33.0. The highest BCUT2D eigenvalue weighted by Crippen LogP contribution is 2.47. The van der Waals surface area contributed by atoms with Crippen LogP contribution in [-0.2, 0) is 46.9 Å². The van der Waals surface area contributed by atoms with Gasteiger partial charge in [-0.2, -0.15) is 4.72 Å². The number of carbonyl (C=O) groups is 5. The highest BCUT2D eigenvalue weighted by molar-refractivity contribution is 7.89. The Morgan fingerprint density at radius 3 is 2.34 bits per heavy atom. The number of ether oxygens (including phenoxy) is 3. The van der Waals surface area contributed by atoms with Crippen molar-refractivity contribution in [1.82, 2.24) is 25.2 Å². The summed E-state index contributed by atoms with van der Waals surface area (Å²) in [4.78, 5) is 69.2. The third-order valence-electron chi connectivity index (χ3n) is 11.0. The molecule has 5 atom stereocenters. The molecule has 2 saturated heterocycles. The van der Waals surface area contributed by atoms with Crippen LogP contribution in [0.4, 0.5) is 9.59 Å². The van der Waals surface area contributed by atoms with E-state index in [9.17, 15) is 37.5 Å². The number of nitrogens with zero attached hydrogens (tertiary/aromatic N) is 2. The molecule has 0 radical (unpaired) electrons. The molecule has 316 valence electrons. The fourth-order valence-electron chi connectivity index (χ4n) is 7.96. The number of carboxylic acids is 1. The smallest absolute Gasteiger partial charge is 0.410 e. The Labute approximate surface area is 343 Å². The first kappa shape index (κ1) is 43.1. The summed E-state index contributed by atoms with van der Waals surface area (Å²) in [6.45, 7) is 5.28. The van der Waals surface area contributed by atoms with Crippen molar-refractivity contribution < 1.29 is 51.7 Å². The van der Waals surface area contributed by atoms with Crippen LogP contribution >= 0.6 is 11.6 Å². The van der Waals surface area contributed by atoms with Gasteiger partial charge in [-0.1, -0.05) is 68.0 Å². The Morgan fingerprint density at radius 2 is 1.67 bits per heavy atom. The van der Waals surface area contributed by atoms with Crippen LogP contribution in [-0.4, -0.2) is 103 Å². The average molecular weight is 846 g/mol. The minimum absolute atomic E-state index is 0.0115. The summed E-state index contributed by atoms with van der Waals surface area (Å²) in [6, 6.07) is 8.99. The van der Waals surface area contributed by atoms with Crippen LogP contribution in [0.15, 0.2) is 47.4 Å². The molecule has 0 spiro atoms. The maximum absolute atomic E-state index is 14.4.